The number of amides is 1. The van der Waals surface area contributed by atoms with Gasteiger partial charge in [-0.2, -0.15) is 0 Å². The highest BCUT2D eigenvalue weighted by Gasteiger charge is 2.06. The third-order valence-electron chi connectivity index (χ3n) is 3.27. The topological polar surface area (TPSA) is 70.6 Å². The van der Waals surface area contributed by atoms with Gasteiger partial charge in [-0.25, -0.2) is 4.98 Å². The maximum atomic E-state index is 11.1. The Balaban J connectivity index is 1.90. The third-order valence-corrected chi connectivity index (χ3v) is 4.08. The molecule has 6 heteroatoms. The molecule has 0 aliphatic heterocycles. The lowest BCUT2D eigenvalue weighted by molar-refractivity contribution is -0.660. The van der Waals surface area contributed by atoms with Crippen molar-refractivity contribution in [2.75, 3.05) is 18.9 Å². The van der Waals surface area contributed by atoms with Crippen LogP contribution in [0.25, 0.3) is 0 Å². The van der Waals surface area contributed by atoms with Crippen molar-refractivity contribution in [1.29, 1.82) is 0 Å². The fourth-order valence-corrected chi connectivity index (χ4v) is 2.60. The van der Waals surface area contributed by atoms with Crippen LogP contribution < -0.4 is 16.0 Å². The van der Waals surface area contributed by atoms with Crippen molar-refractivity contribution < 1.29 is 10.1 Å². The molecular weight excluding hydrogens is 284 g/mol. The number of nitrogens with one attached hydrogen (secondary N) is 2. The molecule has 4 N–H and O–H groups in total. The minimum atomic E-state index is 0.0266. The molecule has 0 saturated heterocycles. The second-order valence-corrected chi connectivity index (χ2v) is 5.80. The molecule has 2 aromatic rings. The van der Waals surface area contributed by atoms with Crippen LogP contribution in [0.5, 0.6) is 0 Å². The molecule has 0 saturated carbocycles. The van der Waals surface area contributed by atoms with Crippen LogP contribution in [0, 0.1) is 13.8 Å². The Morgan fingerprint density at radius 3 is 2.86 bits per heavy atom. The van der Waals surface area contributed by atoms with E-state index >= 15 is 0 Å². The van der Waals surface area contributed by atoms with Gasteiger partial charge < -0.3 is 16.0 Å². The number of hydrogen-bond donors (Lipinski definition) is 3. The number of carbonyl (C=O) groups is 1. The summed E-state index contributed by atoms with van der Waals surface area (Å²) < 4.78 is 0. The van der Waals surface area contributed by atoms with Gasteiger partial charge in [-0.3, -0.25) is 4.79 Å². The molecule has 2 rings (SSSR count). The maximum Gasteiger partial charge on any atom is 0.274 e. The molecule has 1 aromatic heterocycles. The normalized spacial score (nSPS) is 10.4. The largest absolute Gasteiger partial charge is 0.354 e. The van der Waals surface area contributed by atoms with Crippen molar-refractivity contribution in [3.8, 4) is 0 Å². The van der Waals surface area contributed by atoms with Crippen molar-refractivity contribution in [2.45, 2.75) is 20.4 Å². The molecule has 0 fully saturated rings. The van der Waals surface area contributed by atoms with Crippen LogP contribution in [-0.2, 0) is 11.3 Å². The van der Waals surface area contributed by atoms with Gasteiger partial charge in [0.1, 0.15) is 12.2 Å². The molecular formula is C15H21N4OS+. The Labute approximate surface area is 128 Å². The average Bonchev–Trinajstić information content (AvgIpc) is 2.90. The standard InChI is InChI=1S/C15H20N4OS/c1-10-4-5-12(6-11(10)2)18-15-19-13(9-21-15)7-17-8-14(20)16-3/h4-6,9,17H,7-8H2,1-3H3,(H,16,20)(H,18,19)/p+1. The molecule has 0 radical (unpaired) electrons. The number of nitrogens with zero attached hydrogens (tertiary/aromatic N) is 1. The molecule has 0 aliphatic rings. The summed E-state index contributed by atoms with van der Waals surface area (Å²) in [6, 6.07) is 6.28. The molecule has 1 aromatic carbocycles. The number of aryl methyl sites for hydroxylation is 2. The summed E-state index contributed by atoms with van der Waals surface area (Å²) in [5, 5.41) is 10.7. The monoisotopic (exact) mass is 305 g/mol. The fraction of sp³-hybridized carbons (Fsp3) is 0.333. The van der Waals surface area contributed by atoms with Gasteiger partial charge in [0.25, 0.3) is 5.91 Å². The van der Waals surface area contributed by atoms with Gasteiger partial charge >= 0.3 is 0 Å². The number of nitrogens with two attached hydrogens (primary N) is 1. The second kappa shape index (κ2) is 7.19. The minimum Gasteiger partial charge on any atom is -0.354 e. The fourth-order valence-electron chi connectivity index (χ4n) is 1.85. The molecule has 0 atom stereocenters. The van der Waals surface area contributed by atoms with Crippen LogP contribution in [0.3, 0.4) is 0 Å². The number of benzene rings is 1. The number of carbonyl (C=O) groups excluding carboxylic acids is 1. The van der Waals surface area contributed by atoms with Gasteiger partial charge in [-0.15, -0.1) is 11.3 Å². The second-order valence-electron chi connectivity index (χ2n) is 4.94. The van der Waals surface area contributed by atoms with E-state index in [0.29, 0.717) is 13.1 Å². The van der Waals surface area contributed by atoms with E-state index in [4.69, 9.17) is 0 Å². The predicted molar refractivity (Wildman–Crippen MR) is 85.9 cm³/mol. The van der Waals surface area contributed by atoms with E-state index in [1.807, 2.05) is 10.7 Å². The van der Waals surface area contributed by atoms with Gasteiger partial charge in [-0.1, -0.05) is 6.07 Å². The summed E-state index contributed by atoms with van der Waals surface area (Å²) in [6.45, 7) is 5.33. The molecule has 0 aliphatic carbocycles. The summed E-state index contributed by atoms with van der Waals surface area (Å²) in [4.78, 5) is 15.7. The highest BCUT2D eigenvalue weighted by molar-refractivity contribution is 7.13. The zero-order chi connectivity index (χ0) is 15.2. The van der Waals surface area contributed by atoms with Crippen LogP contribution >= 0.6 is 11.3 Å². The predicted octanol–water partition coefficient (Wildman–Crippen LogP) is 1.31. The zero-order valence-corrected chi connectivity index (χ0v) is 13.4. The van der Waals surface area contributed by atoms with E-state index in [1.165, 1.54) is 11.1 Å². The number of hydrogen-bond acceptors (Lipinski definition) is 4. The molecule has 0 unspecified atom stereocenters. The quantitative estimate of drug-likeness (QED) is 0.753. The van der Waals surface area contributed by atoms with Gasteiger partial charge in [0.2, 0.25) is 0 Å². The van der Waals surface area contributed by atoms with Gasteiger partial charge in [0.05, 0.1) is 0 Å². The first-order valence-corrected chi connectivity index (χ1v) is 7.77. The smallest absolute Gasteiger partial charge is 0.274 e. The van der Waals surface area contributed by atoms with Crippen molar-refractivity contribution in [3.63, 3.8) is 0 Å². The Bertz CT molecular complexity index is 624. The first-order chi connectivity index (χ1) is 10.1. The average molecular weight is 305 g/mol. The van der Waals surface area contributed by atoms with E-state index in [9.17, 15) is 4.79 Å². The van der Waals surface area contributed by atoms with E-state index in [2.05, 4.69) is 47.7 Å². The van der Waals surface area contributed by atoms with Crippen LogP contribution in [0.2, 0.25) is 0 Å². The minimum absolute atomic E-state index is 0.0266. The Morgan fingerprint density at radius 1 is 1.33 bits per heavy atom. The SMILES string of the molecule is CNC(=O)C[NH2+]Cc1csc(Nc2ccc(C)c(C)c2)n1. The lowest BCUT2D eigenvalue weighted by atomic mass is 10.1. The number of anilines is 2. The summed E-state index contributed by atoms with van der Waals surface area (Å²) in [6.07, 6.45) is 0. The molecule has 5 nitrogen and oxygen atoms in total. The van der Waals surface area contributed by atoms with E-state index in [0.717, 1.165) is 16.5 Å². The van der Waals surface area contributed by atoms with Crippen LogP contribution in [0.1, 0.15) is 16.8 Å². The van der Waals surface area contributed by atoms with E-state index in [-0.39, 0.29) is 5.91 Å². The highest BCUT2D eigenvalue weighted by atomic mass is 32.1. The summed E-state index contributed by atoms with van der Waals surface area (Å²) >= 11 is 1.58. The zero-order valence-electron chi connectivity index (χ0n) is 12.6. The Morgan fingerprint density at radius 2 is 2.14 bits per heavy atom. The third kappa shape index (κ3) is 4.54. The first-order valence-electron chi connectivity index (χ1n) is 6.89. The molecule has 1 heterocycles. The van der Waals surface area contributed by atoms with Crippen LogP contribution in [0.4, 0.5) is 10.8 Å². The molecule has 1 amide bonds. The Kier molecular flexibility index (Phi) is 5.30. The van der Waals surface area contributed by atoms with Crippen molar-refractivity contribution in [1.82, 2.24) is 10.3 Å². The van der Waals surface area contributed by atoms with Gasteiger partial charge in [0.15, 0.2) is 11.7 Å². The first kappa shape index (κ1) is 15.5. The maximum absolute atomic E-state index is 11.1. The summed E-state index contributed by atoms with van der Waals surface area (Å²) in [5.41, 5.74) is 4.57. The molecule has 21 heavy (non-hydrogen) atoms. The van der Waals surface area contributed by atoms with Crippen molar-refractivity contribution in [3.05, 3.63) is 40.4 Å². The number of aromatic nitrogens is 1. The lowest BCUT2D eigenvalue weighted by Crippen LogP contribution is -2.85. The molecule has 0 bridgehead atoms. The number of quaternary nitrogens is 1. The Hall–Kier alpha value is -1.92. The van der Waals surface area contributed by atoms with E-state index < -0.39 is 0 Å². The number of thiazole rings is 1. The van der Waals surface area contributed by atoms with Crippen LogP contribution in [-0.4, -0.2) is 24.5 Å². The molecule has 112 valence electrons. The van der Waals surface area contributed by atoms with Gasteiger partial charge in [-0.05, 0) is 37.1 Å². The van der Waals surface area contributed by atoms with Gasteiger partial charge in [0, 0.05) is 18.1 Å². The van der Waals surface area contributed by atoms with Crippen molar-refractivity contribution in [2.24, 2.45) is 0 Å². The lowest BCUT2D eigenvalue weighted by Gasteiger charge is -2.05. The molecule has 0 spiro atoms. The van der Waals surface area contributed by atoms with E-state index in [1.54, 1.807) is 18.4 Å². The summed E-state index contributed by atoms with van der Waals surface area (Å²) in [7, 11) is 1.64. The number of likely N-dealkylation sites (N-methyl/N-ethyl adjacent to an activating group) is 1. The number of rotatable bonds is 6. The highest BCUT2D eigenvalue weighted by Crippen LogP contribution is 2.22. The van der Waals surface area contributed by atoms with Crippen LogP contribution in [0.15, 0.2) is 23.6 Å². The van der Waals surface area contributed by atoms with Crippen molar-refractivity contribution >= 4 is 28.1 Å². The summed E-state index contributed by atoms with van der Waals surface area (Å²) in [5.74, 6) is 0.0266.